The van der Waals surface area contributed by atoms with Gasteiger partial charge in [-0.2, -0.15) is 0 Å². The first-order chi connectivity index (χ1) is 12.6. The normalized spacial score (nSPS) is 16.2. The molecule has 1 aromatic heterocycles. The summed E-state index contributed by atoms with van der Waals surface area (Å²) < 4.78 is 14.7. The standard InChI is InChI=1S/C21H18FN3O/c1-14-8-16-4-2-3-5-20(16)25(12-14)21(26)18-7-6-15(9-19(18)22)17-10-23-13-24-11-17/h2-7,9-11,13-14H,8,12H2,1H3. The molecule has 0 saturated carbocycles. The van der Waals surface area contributed by atoms with Gasteiger partial charge in [0.25, 0.3) is 5.91 Å². The molecule has 0 N–H and O–H groups in total. The van der Waals surface area contributed by atoms with Crippen molar-refractivity contribution in [1.29, 1.82) is 0 Å². The van der Waals surface area contributed by atoms with E-state index in [2.05, 4.69) is 16.9 Å². The van der Waals surface area contributed by atoms with Gasteiger partial charge in [-0.1, -0.05) is 31.2 Å². The molecule has 0 radical (unpaired) electrons. The van der Waals surface area contributed by atoms with E-state index in [1.807, 2.05) is 24.3 Å². The van der Waals surface area contributed by atoms with Crippen LogP contribution in [0.3, 0.4) is 0 Å². The monoisotopic (exact) mass is 347 g/mol. The Hall–Kier alpha value is -3.08. The van der Waals surface area contributed by atoms with Crippen molar-refractivity contribution in [3.63, 3.8) is 0 Å². The van der Waals surface area contributed by atoms with Gasteiger partial charge in [0.05, 0.1) is 5.56 Å². The van der Waals surface area contributed by atoms with E-state index in [9.17, 15) is 9.18 Å². The highest BCUT2D eigenvalue weighted by Gasteiger charge is 2.28. The van der Waals surface area contributed by atoms with Gasteiger partial charge in [0.1, 0.15) is 12.1 Å². The van der Waals surface area contributed by atoms with Crippen molar-refractivity contribution in [3.8, 4) is 11.1 Å². The highest BCUT2D eigenvalue weighted by molar-refractivity contribution is 6.07. The molecule has 1 atom stereocenters. The molecule has 0 bridgehead atoms. The fourth-order valence-corrected chi connectivity index (χ4v) is 3.45. The van der Waals surface area contributed by atoms with Crippen LogP contribution in [0.25, 0.3) is 11.1 Å². The SMILES string of the molecule is CC1Cc2ccccc2N(C(=O)c2ccc(-c3cncnc3)cc2F)C1. The molecule has 4 rings (SSSR count). The van der Waals surface area contributed by atoms with Gasteiger partial charge in [0.15, 0.2) is 0 Å². The van der Waals surface area contributed by atoms with E-state index in [0.29, 0.717) is 23.6 Å². The lowest BCUT2D eigenvalue weighted by molar-refractivity contribution is 0.0977. The predicted molar refractivity (Wildman–Crippen MR) is 98.4 cm³/mol. The number of hydrogen-bond acceptors (Lipinski definition) is 3. The molecule has 3 aromatic rings. The highest BCUT2D eigenvalue weighted by atomic mass is 19.1. The number of rotatable bonds is 2. The molecule has 2 aromatic carbocycles. The van der Waals surface area contributed by atoms with Crippen molar-refractivity contribution >= 4 is 11.6 Å². The van der Waals surface area contributed by atoms with Crippen LogP contribution in [0.5, 0.6) is 0 Å². The highest BCUT2D eigenvalue weighted by Crippen LogP contribution is 2.31. The van der Waals surface area contributed by atoms with Gasteiger partial charge in [-0.15, -0.1) is 0 Å². The van der Waals surface area contributed by atoms with Gasteiger partial charge in [0.2, 0.25) is 0 Å². The molecule has 26 heavy (non-hydrogen) atoms. The topological polar surface area (TPSA) is 46.1 Å². The van der Waals surface area contributed by atoms with Crippen molar-refractivity contribution in [2.45, 2.75) is 13.3 Å². The summed E-state index contributed by atoms with van der Waals surface area (Å²) in [5, 5.41) is 0. The number of amides is 1. The van der Waals surface area contributed by atoms with Crippen LogP contribution in [-0.4, -0.2) is 22.4 Å². The molecule has 130 valence electrons. The van der Waals surface area contributed by atoms with E-state index in [4.69, 9.17) is 0 Å². The number of halogens is 1. The lowest BCUT2D eigenvalue weighted by atomic mass is 9.93. The lowest BCUT2D eigenvalue weighted by Crippen LogP contribution is -2.39. The third-order valence-electron chi connectivity index (χ3n) is 4.68. The van der Waals surface area contributed by atoms with Crippen LogP contribution in [-0.2, 0) is 6.42 Å². The maximum atomic E-state index is 14.7. The minimum Gasteiger partial charge on any atom is -0.308 e. The van der Waals surface area contributed by atoms with Gasteiger partial charge in [-0.05, 0) is 41.7 Å². The molecule has 1 aliphatic heterocycles. The average Bonchev–Trinajstić information content (AvgIpc) is 2.67. The van der Waals surface area contributed by atoms with Crippen LogP contribution >= 0.6 is 0 Å². The van der Waals surface area contributed by atoms with Crippen LogP contribution < -0.4 is 4.90 Å². The maximum absolute atomic E-state index is 14.7. The number of para-hydroxylation sites is 1. The summed E-state index contributed by atoms with van der Waals surface area (Å²) in [5.41, 5.74) is 3.43. The fourth-order valence-electron chi connectivity index (χ4n) is 3.45. The van der Waals surface area contributed by atoms with Gasteiger partial charge in [0, 0.05) is 30.2 Å². The molecule has 2 heterocycles. The summed E-state index contributed by atoms with van der Waals surface area (Å²) in [6.45, 7) is 2.69. The van der Waals surface area contributed by atoms with E-state index in [1.165, 1.54) is 12.4 Å². The zero-order valence-corrected chi connectivity index (χ0v) is 14.4. The molecule has 4 nitrogen and oxygen atoms in total. The number of benzene rings is 2. The first-order valence-corrected chi connectivity index (χ1v) is 8.58. The van der Waals surface area contributed by atoms with E-state index in [-0.39, 0.29) is 11.5 Å². The molecule has 1 aliphatic rings. The summed E-state index contributed by atoms with van der Waals surface area (Å²) in [4.78, 5) is 22.6. The number of carbonyl (C=O) groups is 1. The summed E-state index contributed by atoms with van der Waals surface area (Å²) in [6.07, 6.45) is 5.58. The molecule has 0 spiro atoms. The van der Waals surface area contributed by atoms with Gasteiger partial charge >= 0.3 is 0 Å². The molecule has 1 amide bonds. The Bertz CT molecular complexity index is 958. The quantitative estimate of drug-likeness (QED) is 0.700. The third-order valence-corrected chi connectivity index (χ3v) is 4.68. The van der Waals surface area contributed by atoms with E-state index < -0.39 is 5.82 Å². The maximum Gasteiger partial charge on any atom is 0.261 e. The number of nitrogens with zero attached hydrogens (tertiary/aromatic N) is 3. The summed E-state index contributed by atoms with van der Waals surface area (Å²) in [6, 6.07) is 12.5. The minimum atomic E-state index is -0.535. The van der Waals surface area contributed by atoms with E-state index in [1.54, 1.807) is 29.4 Å². The van der Waals surface area contributed by atoms with Crippen molar-refractivity contribution in [3.05, 3.63) is 78.1 Å². The zero-order valence-electron chi connectivity index (χ0n) is 14.4. The Morgan fingerprint density at radius 2 is 1.88 bits per heavy atom. The Balaban J connectivity index is 1.69. The van der Waals surface area contributed by atoms with Crippen LogP contribution in [0.4, 0.5) is 10.1 Å². The fraction of sp³-hybridized carbons (Fsp3) is 0.190. The van der Waals surface area contributed by atoms with Gasteiger partial charge < -0.3 is 4.90 Å². The van der Waals surface area contributed by atoms with Crippen molar-refractivity contribution in [1.82, 2.24) is 9.97 Å². The predicted octanol–water partition coefficient (Wildman–Crippen LogP) is 4.12. The van der Waals surface area contributed by atoms with E-state index in [0.717, 1.165) is 17.7 Å². The molecule has 0 saturated heterocycles. The third kappa shape index (κ3) is 2.96. The Morgan fingerprint density at radius 1 is 1.12 bits per heavy atom. The van der Waals surface area contributed by atoms with Crippen molar-refractivity contribution in [2.75, 3.05) is 11.4 Å². The van der Waals surface area contributed by atoms with Gasteiger partial charge in [-0.25, -0.2) is 14.4 Å². The van der Waals surface area contributed by atoms with Crippen LogP contribution in [0, 0.1) is 11.7 Å². The number of hydrogen-bond donors (Lipinski definition) is 0. The van der Waals surface area contributed by atoms with Gasteiger partial charge in [-0.3, -0.25) is 4.79 Å². The molecule has 5 heteroatoms. The first kappa shape index (κ1) is 16.4. The summed E-state index contributed by atoms with van der Waals surface area (Å²) in [7, 11) is 0. The van der Waals surface area contributed by atoms with Crippen LogP contribution in [0.15, 0.2) is 61.2 Å². The second-order valence-electron chi connectivity index (χ2n) is 6.68. The molecule has 1 unspecified atom stereocenters. The molecule has 0 fully saturated rings. The second-order valence-corrected chi connectivity index (χ2v) is 6.68. The molecular formula is C21H18FN3O. The minimum absolute atomic E-state index is 0.0782. The molecule has 0 aliphatic carbocycles. The van der Waals surface area contributed by atoms with Crippen molar-refractivity contribution < 1.29 is 9.18 Å². The Labute approximate surface area is 151 Å². The smallest absolute Gasteiger partial charge is 0.261 e. The Kier molecular flexibility index (Phi) is 4.21. The number of fused-ring (bicyclic) bond motifs is 1. The second kappa shape index (κ2) is 6.67. The van der Waals surface area contributed by atoms with Crippen LogP contribution in [0.2, 0.25) is 0 Å². The van der Waals surface area contributed by atoms with Crippen molar-refractivity contribution in [2.24, 2.45) is 5.92 Å². The molecular weight excluding hydrogens is 329 g/mol. The summed E-state index contributed by atoms with van der Waals surface area (Å²) >= 11 is 0. The number of aromatic nitrogens is 2. The zero-order chi connectivity index (χ0) is 18.1. The Morgan fingerprint density at radius 3 is 2.65 bits per heavy atom. The largest absolute Gasteiger partial charge is 0.308 e. The lowest BCUT2D eigenvalue weighted by Gasteiger charge is -2.33. The first-order valence-electron chi connectivity index (χ1n) is 8.58. The average molecular weight is 347 g/mol. The number of anilines is 1. The van der Waals surface area contributed by atoms with Crippen LogP contribution in [0.1, 0.15) is 22.8 Å². The summed E-state index contributed by atoms with van der Waals surface area (Å²) in [5.74, 6) is -0.512. The van der Waals surface area contributed by atoms with E-state index >= 15 is 0 Å². The number of carbonyl (C=O) groups excluding carboxylic acids is 1.